The average molecular weight is 359 g/mol. The van der Waals surface area contributed by atoms with Crippen molar-refractivity contribution in [3.63, 3.8) is 0 Å². The summed E-state index contributed by atoms with van der Waals surface area (Å²) < 4.78 is 0.755. The Bertz CT molecular complexity index is 616. The van der Waals surface area contributed by atoms with Gasteiger partial charge in [0.2, 0.25) is 5.91 Å². The Morgan fingerprint density at radius 3 is 2.59 bits per heavy atom. The van der Waals surface area contributed by atoms with Gasteiger partial charge >= 0.3 is 0 Å². The summed E-state index contributed by atoms with van der Waals surface area (Å²) >= 11 is 7.44. The van der Waals surface area contributed by atoms with Crippen molar-refractivity contribution in [1.29, 1.82) is 0 Å². The van der Waals surface area contributed by atoms with Crippen LogP contribution in [0.4, 0.5) is 5.69 Å². The van der Waals surface area contributed by atoms with Crippen LogP contribution in [0.1, 0.15) is 23.8 Å². The molecule has 1 aromatic heterocycles. The molecule has 0 saturated carbocycles. The lowest BCUT2D eigenvalue weighted by Crippen LogP contribution is -2.30. The molecular weight excluding hydrogens is 339 g/mol. The van der Waals surface area contributed by atoms with Gasteiger partial charge in [0.25, 0.3) is 0 Å². The highest BCUT2D eigenvalue weighted by Crippen LogP contribution is 2.23. The number of anilines is 1. The van der Waals surface area contributed by atoms with E-state index in [1.165, 1.54) is 11.3 Å². The van der Waals surface area contributed by atoms with Crippen LogP contribution in [-0.2, 0) is 17.8 Å². The fourth-order valence-corrected chi connectivity index (χ4v) is 3.27. The maximum absolute atomic E-state index is 12.3. The van der Waals surface area contributed by atoms with E-state index in [0.717, 1.165) is 20.5 Å². The first-order valence-corrected chi connectivity index (χ1v) is 8.15. The van der Waals surface area contributed by atoms with Crippen LogP contribution in [0.3, 0.4) is 0 Å². The van der Waals surface area contributed by atoms with E-state index >= 15 is 0 Å². The number of aryl methyl sites for hydroxylation is 1. The highest BCUT2D eigenvalue weighted by molar-refractivity contribution is 7.16. The summed E-state index contributed by atoms with van der Waals surface area (Å²) in [4.78, 5) is 15.3. The van der Waals surface area contributed by atoms with E-state index in [4.69, 9.17) is 17.3 Å². The first-order chi connectivity index (χ1) is 10.1. The molecule has 0 bridgehead atoms. The van der Waals surface area contributed by atoms with Gasteiger partial charge in [0.05, 0.1) is 10.9 Å². The summed E-state index contributed by atoms with van der Waals surface area (Å²) in [5.41, 5.74) is 7.68. The third-order valence-electron chi connectivity index (χ3n) is 3.37. The predicted octanol–water partition coefficient (Wildman–Crippen LogP) is 4.39. The molecule has 1 aromatic carbocycles. The summed E-state index contributed by atoms with van der Waals surface area (Å²) in [5.74, 6) is 0.144. The Balaban J connectivity index is 0.00000242. The first-order valence-electron chi connectivity index (χ1n) is 6.95. The Morgan fingerprint density at radius 1 is 1.27 bits per heavy atom. The van der Waals surface area contributed by atoms with Gasteiger partial charge in [-0.3, -0.25) is 4.79 Å². The van der Waals surface area contributed by atoms with Crippen molar-refractivity contribution in [2.75, 3.05) is 12.3 Å². The van der Waals surface area contributed by atoms with Gasteiger partial charge in [0, 0.05) is 23.5 Å². The van der Waals surface area contributed by atoms with Crippen molar-refractivity contribution in [1.82, 2.24) is 4.90 Å². The molecule has 120 valence electrons. The number of nitrogens with two attached hydrogens (primary N) is 1. The smallest absolute Gasteiger partial charge is 0.223 e. The molecule has 2 N–H and O–H groups in total. The molecule has 0 unspecified atom stereocenters. The summed E-state index contributed by atoms with van der Waals surface area (Å²) in [5, 5.41) is 0. The van der Waals surface area contributed by atoms with Gasteiger partial charge in [-0.2, -0.15) is 0 Å². The topological polar surface area (TPSA) is 46.3 Å². The van der Waals surface area contributed by atoms with Crippen molar-refractivity contribution >= 4 is 46.9 Å². The number of hydrogen-bond donors (Lipinski definition) is 1. The van der Waals surface area contributed by atoms with Crippen molar-refractivity contribution in [2.45, 2.75) is 26.3 Å². The van der Waals surface area contributed by atoms with Crippen molar-refractivity contribution in [3.8, 4) is 0 Å². The molecule has 0 aliphatic heterocycles. The molecule has 1 amide bonds. The number of thiophene rings is 1. The molecule has 3 nitrogen and oxygen atoms in total. The number of carbonyl (C=O) groups excluding carboxylic acids is 1. The molecule has 0 radical (unpaired) electrons. The number of amides is 1. The van der Waals surface area contributed by atoms with Gasteiger partial charge in [-0.1, -0.05) is 29.8 Å². The van der Waals surface area contributed by atoms with E-state index in [-0.39, 0.29) is 18.3 Å². The Labute approximate surface area is 146 Å². The molecular formula is C16H20Cl2N2OS. The number of nitrogen functional groups attached to an aromatic ring is 1. The minimum atomic E-state index is 0. The Kier molecular flexibility index (Phi) is 7.73. The molecule has 6 heteroatoms. The number of halogens is 2. The maximum Gasteiger partial charge on any atom is 0.223 e. The maximum atomic E-state index is 12.3. The summed E-state index contributed by atoms with van der Waals surface area (Å²) in [6.07, 6.45) is 1.15. The fourth-order valence-electron chi connectivity index (χ4n) is 2.16. The van der Waals surface area contributed by atoms with Gasteiger partial charge in [-0.25, -0.2) is 0 Å². The Hall–Kier alpha value is -1.23. The number of hydrogen-bond acceptors (Lipinski definition) is 3. The third-order valence-corrected chi connectivity index (χ3v) is 4.59. The number of carbonyl (C=O) groups is 1. The lowest BCUT2D eigenvalue weighted by molar-refractivity contribution is -0.131. The number of benzene rings is 1. The van der Waals surface area contributed by atoms with E-state index in [1.807, 2.05) is 48.2 Å². The second-order valence-electron chi connectivity index (χ2n) is 4.81. The standard InChI is InChI=1S/C16H19ClN2OS.ClH/c1-2-19(11-13-8-9-15(17)21-13)16(20)10-7-12-5-3-4-6-14(12)18;/h3-6,8-9H,2,7,10-11,18H2,1H3;1H. The van der Waals surface area contributed by atoms with Gasteiger partial charge < -0.3 is 10.6 Å². The number of nitrogens with zero attached hydrogens (tertiary/aromatic N) is 1. The van der Waals surface area contributed by atoms with Crippen LogP contribution in [0.2, 0.25) is 4.34 Å². The van der Waals surface area contributed by atoms with Gasteiger partial charge in [0.15, 0.2) is 0 Å². The zero-order valence-electron chi connectivity index (χ0n) is 12.4. The third kappa shape index (κ3) is 5.20. The van der Waals surface area contributed by atoms with Crippen molar-refractivity contribution in [3.05, 3.63) is 51.2 Å². The van der Waals surface area contributed by atoms with E-state index in [1.54, 1.807) is 0 Å². The van der Waals surface area contributed by atoms with Crippen LogP contribution in [0.15, 0.2) is 36.4 Å². The van der Waals surface area contributed by atoms with Gasteiger partial charge in [-0.15, -0.1) is 23.7 Å². The van der Waals surface area contributed by atoms with Gasteiger partial charge in [0.1, 0.15) is 0 Å². The highest BCUT2D eigenvalue weighted by Gasteiger charge is 2.13. The van der Waals surface area contributed by atoms with Crippen LogP contribution in [0, 0.1) is 0 Å². The SMILES string of the molecule is CCN(Cc1ccc(Cl)s1)C(=O)CCc1ccccc1N.Cl. The molecule has 22 heavy (non-hydrogen) atoms. The van der Waals surface area contributed by atoms with Crippen LogP contribution in [0.5, 0.6) is 0 Å². The lowest BCUT2D eigenvalue weighted by atomic mass is 10.1. The highest BCUT2D eigenvalue weighted by atomic mass is 35.5. The van der Waals surface area contributed by atoms with Crippen LogP contribution in [-0.4, -0.2) is 17.4 Å². The van der Waals surface area contributed by atoms with Crippen LogP contribution in [0.25, 0.3) is 0 Å². The number of rotatable bonds is 6. The molecule has 0 aliphatic rings. The zero-order chi connectivity index (χ0) is 15.2. The molecule has 1 heterocycles. The van der Waals surface area contributed by atoms with E-state index in [9.17, 15) is 4.79 Å². The summed E-state index contributed by atoms with van der Waals surface area (Å²) in [6, 6.07) is 11.5. The minimum Gasteiger partial charge on any atom is -0.399 e. The van der Waals surface area contributed by atoms with Crippen molar-refractivity contribution < 1.29 is 4.79 Å². The second kappa shape index (κ2) is 9.03. The van der Waals surface area contributed by atoms with E-state index in [2.05, 4.69) is 0 Å². The van der Waals surface area contributed by atoms with Gasteiger partial charge in [-0.05, 0) is 37.1 Å². The fraction of sp³-hybridized carbons (Fsp3) is 0.312. The second-order valence-corrected chi connectivity index (χ2v) is 6.61. The average Bonchev–Trinajstić information content (AvgIpc) is 2.89. The predicted molar refractivity (Wildman–Crippen MR) is 96.8 cm³/mol. The van der Waals surface area contributed by atoms with E-state index in [0.29, 0.717) is 25.9 Å². The number of para-hydroxylation sites is 1. The molecule has 0 aliphatic carbocycles. The molecule has 0 spiro atoms. The van der Waals surface area contributed by atoms with Crippen LogP contribution >= 0.6 is 35.3 Å². The van der Waals surface area contributed by atoms with E-state index < -0.39 is 0 Å². The molecule has 0 atom stereocenters. The largest absolute Gasteiger partial charge is 0.399 e. The summed E-state index contributed by atoms with van der Waals surface area (Å²) in [6.45, 7) is 3.31. The Morgan fingerprint density at radius 2 is 2.00 bits per heavy atom. The van der Waals surface area contributed by atoms with Crippen molar-refractivity contribution in [2.24, 2.45) is 0 Å². The quantitative estimate of drug-likeness (QED) is 0.778. The monoisotopic (exact) mass is 358 g/mol. The first kappa shape index (κ1) is 18.8. The molecule has 2 rings (SSSR count). The van der Waals surface area contributed by atoms with Crippen LogP contribution < -0.4 is 5.73 Å². The lowest BCUT2D eigenvalue weighted by Gasteiger charge is -2.20. The minimum absolute atomic E-state index is 0. The summed E-state index contributed by atoms with van der Waals surface area (Å²) in [7, 11) is 0. The normalized spacial score (nSPS) is 10.1. The zero-order valence-corrected chi connectivity index (χ0v) is 14.8. The molecule has 0 saturated heterocycles. The molecule has 2 aromatic rings. The molecule has 0 fully saturated rings.